The smallest absolute Gasteiger partial charge is 0.146 e. The first-order valence-corrected chi connectivity index (χ1v) is 6.22. The molecule has 0 amide bonds. The number of rotatable bonds is 5. The van der Waals surface area contributed by atoms with Crippen molar-refractivity contribution in [2.45, 2.75) is 38.4 Å². The van der Waals surface area contributed by atoms with Gasteiger partial charge in [-0.1, -0.05) is 37.8 Å². The zero-order valence-corrected chi connectivity index (χ0v) is 11.0. The highest BCUT2D eigenvalue weighted by atomic mass is 32.2. The lowest BCUT2D eigenvalue weighted by atomic mass is 10.1. The highest BCUT2D eigenvalue weighted by molar-refractivity contribution is 8.23. The van der Waals surface area contributed by atoms with Crippen LogP contribution in [-0.2, 0) is 4.79 Å². The predicted molar refractivity (Wildman–Crippen MR) is 67.9 cm³/mol. The molecule has 0 rings (SSSR count). The van der Waals surface area contributed by atoms with Gasteiger partial charge in [0.05, 0.1) is 5.25 Å². The number of carbonyl (C=O) groups excluding carboxylic acids is 1. The molecule has 0 radical (unpaired) electrons. The van der Waals surface area contributed by atoms with E-state index in [1.54, 1.807) is 0 Å². The van der Waals surface area contributed by atoms with Gasteiger partial charge < -0.3 is 4.90 Å². The second kappa shape index (κ2) is 7.23. The second-order valence-corrected chi connectivity index (χ2v) is 5.23. The highest BCUT2D eigenvalue weighted by Gasteiger charge is 2.18. The molecule has 0 saturated carbocycles. The van der Waals surface area contributed by atoms with Crippen LogP contribution in [0.3, 0.4) is 0 Å². The summed E-state index contributed by atoms with van der Waals surface area (Å²) >= 11 is 6.67. The number of ketones is 1. The van der Waals surface area contributed by atoms with Gasteiger partial charge in [0.1, 0.15) is 10.1 Å². The van der Waals surface area contributed by atoms with Crippen molar-refractivity contribution >= 4 is 34.1 Å². The Morgan fingerprint density at radius 3 is 2.36 bits per heavy atom. The fourth-order valence-electron chi connectivity index (χ4n) is 1.01. The van der Waals surface area contributed by atoms with Gasteiger partial charge in [0.15, 0.2) is 0 Å². The lowest BCUT2D eigenvalue weighted by molar-refractivity contribution is -0.118. The van der Waals surface area contributed by atoms with Crippen LogP contribution in [0.5, 0.6) is 0 Å². The largest absolute Gasteiger partial charge is 0.364 e. The molecular formula is C10H19NOS2. The molecule has 0 N–H and O–H groups in total. The van der Waals surface area contributed by atoms with E-state index in [9.17, 15) is 4.79 Å². The van der Waals surface area contributed by atoms with Crippen molar-refractivity contribution in [3.8, 4) is 0 Å². The van der Waals surface area contributed by atoms with Crippen molar-refractivity contribution in [1.29, 1.82) is 0 Å². The number of hydrogen-bond donors (Lipinski definition) is 0. The molecule has 0 aromatic rings. The average Bonchev–Trinajstić information content (AvgIpc) is 2.13. The van der Waals surface area contributed by atoms with E-state index in [2.05, 4.69) is 0 Å². The van der Waals surface area contributed by atoms with Crippen LogP contribution in [0.2, 0.25) is 0 Å². The molecule has 0 aliphatic heterocycles. The summed E-state index contributed by atoms with van der Waals surface area (Å²) in [7, 11) is 3.82. The number of thioether (sulfide) groups is 1. The lowest BCUT2D eigenvalue weighted by Crippen LogP contribution is -2.23. The van der Waals surface area contributed by atoms with Gasteiger partial charge in [-0.15, -0.1) is 0 Å². The van der Waals surface area contributed by atoms with Gasteiger partial charge in [-0.3, -0.25) is 4.79 Å². The monoisotopic (exact) mass is 233 g/mol. The number of hydrogen-bond acceptors (Lipinski definition) is 3. The summed E-state index contributed by atoms with van der Waals surface area (Å²) in [5, 5.41) is 0.0462. The number of thiocarbonyl (C=S) groups is 1. The fraction of sp³-hybridized carbons (Fsp3) is 0.800. The van der Waals surface area contributed by atoms with E-state index in [0.717, 1.165) is 17.2 Å². The quantitative estimate of drug-likeness (QED) is 0.680. The van der Waals surface area contributed by atoms with E-state index in [-0.39, 0.29) is 5.25 Å². The van der Waals surface area contributed by atoms with Crippen molar-refractivity contribution in [1.82, 2.24) is 4.90 Å². The van der Waals surface area contributed by atoms with Gasteiger partial charge in [-0.05, 0) is 12.8 Å². The normalized spacial score (nSPS) is 12.3. The Bertz CT molecular complexity index is 204. The van der Waals surface area contributed by atoms with Crippen molar-refractivity contribution in [2.24, 2.45) is 0 Å². The Morgan fingerprint density at radius 2 is 2.00 bits per heavy atom. The number of nitrogens with zero attached hydrogens (tertiary/aromatic N) is 1. The summed E-state index contributed by atoms with van der Waals surface area (Å²) < 4.78 is 0.793. The molecule has 0 aliphatic rings. The van der Waals surface area contributed by atoms with Crippen molar-refractivity contribution in [3.05, 3.63) is 0 Å². The molecule has 2 nitrogen and oxygen atoms in total. The van der Waals surface area contributed by atoms with Crippen LogP contribution in [0.1, 0.15) is 33.1 Å². The maximum atomic E-state index is 11.6. The molecule has 0 heterocycles. The van der Waals surface area contributed by atoms with Crippen LogP contribution in [0.4, 0.5) is 0 Å². The zero-order chi connectivity index (χ0) is 11.1. The molecular weight excluding hydrogens is 214 g/mol. The van der Waals surface area contributed by atoms with Gasteiger partial charge >= 0.3 is 0 Å². The molecule has 0 aromatic carbocycles. The summed E-state index contributed by atoms with van der Waals surface area (Å²) in [6, 6.07) is 0. The number of Topliss-reactive ketones (excluding diaryl/α,β-unsaturated/α-hetero) is 1. The van der Waals surface area contributed by atoms with Gasteiger partial charge in [0.2, 0.25) is 0 Å². The van der Waals surface area contributed by atoms with E-state index in [1.807, 2.05) is 32.8 Å². The van der Waals surface area contributed by atoms with Crippen LogP contribution >= 0.6 is 24.0 Å². The highest BCUT2D eigenvalue weighted by Crippen LogP contribution is 2.20. The first-order valence-electron chi connectivity index (χ1n) is 4.93. The minimum atomic E-state index is 0.0462. The fourth-order valence-corrected chi connectivity index (χ4v) is 2.23. The summed E-state index contributed by atoms with van der Waals surface area (Å²) in [6.07, 6.45) is 2.45. The molecule has 0 saturated heterocycles. The van der Waals surface area contributed by atoms with Crippen molar-refractivity contribution in [3.63, 3.8) is 0 Å². The van der Waals surface area contributed by atoms with E-state index < -0.39 is 0 Å². The first-order chi connectivity index (χ1) is 6.52. The van der Waals surface area contributed by atoms with Crippen LogP contribution < -0.4 is 0 Å². The Labute approximate surface area is 96.4 Å². The molecule has 0 aromatic heterocycles. The van der Waals surface area contributed by atoms with Crippen LogP contribution in [0.25, 0.3) is 0 Å². The minimum absolute atomic E-state index is 0.0462. The van der Waals surface area contributed by atoms with E-state index >= 15 is 0 Å². The molecule has 0 aliphatic carbocycles. The maximum absolute atomic E-state index is 11.6. The Balaban J connectivity index is 4.15. The van der Waals surface area contributed by atoms with E-state index in [4.69, 9.17) is 12.2 Å². The SMILES string of the molecule is CCCC(=O)C(CC)SC(=S)N(C)C. The summed E-state index contributed by atoms with van der Waals surface area (Å²) in [6.45, 7) is 4.06. The Morgan fingerprint density at radius 1 is 1.43 bits per heavy atom. The van der Waals surface area contributed by atoms with Gasteiger partial charge in [0.25, 0.3) is 0 Å². The van der Waals surface area contributed by atoms with Crippen LogP contribution in [0, 0.1) is 0 Å². The van der Waals surface area contributed by atoms with Crippen molar-refractivity contribution < 1.29 is 4.79 Å². The number of carbonyl (C=O) groups is 1. The molecule has 82 valence electrons. The Hall–Kier alpha value is -0.0900. The third-order valence-corrected chi connectivity index (χ3v) is 3.94. The van der Waals surface area contributed by atoms with Crippen molar-refractivity contribution in [2.75, 3.05) is 14.1 Å². The standard InChI is InChI=1S/C10H19NOS2/c1-5-7-8(12)9(6-2)14-10(13)11(3)4/h9H,5-7H2,1-4H3. The average molecular weight is 233 g/mol. The van der Waals surface area contributed by atoms with Crippen LogP contribution in [0.15, 0.2) is 0 Å². The molecule has 14 heavy (non-hydrogen) atoms. The molecule has 4 heteroatoms. The van der Waals surface area contributed by atoms with Crippen LogP contribution in [-0.4, -0.2) is 34.3 Å². The summed E-state index contributed by atoms with van der Waals surface area (Å²) in [5.74, 6) is 0.323. The van der Waals surface area contributed by atoms with Gasteiger partial charge in [0, 0.05) is 20.5 Å². The topological polar surface area (TPSA) is 20.3 Å². The first kappa shape index (κ1) is 13.9. The maximum Gasteiger partial charge on any atom is 0.146 e. The van der Waals surface area contributed by atoms with Gasteiger partial charge in [-0.2, -0.15) is 0 Å². The summed E-state index contributed by atoms with van der Waals surface area (Å²) in [4.78, 5) is 13.5. The van der Waals surface area contributed by atoms with E-state index in [1.165, 1.54) is 11.8 Å². The van der Waals surface area contributed by atoms with Gasteiger partial charge in [-0.25, -0.2) is 0 Å². The minimum Gasteiger partial charge on any atom is -0.364 e. The molecule has 1 atom stereocenters. The Kier molecular flexibility index (Phi) is 7.19. The summed E-state index contributed by atoms with van der Waals surface area (Å²) in [5.41, 5.74) is 0. The predicted octanol–water partition coefficient (Wildman–Crippen LogP) is 2.71. The van der Waals surface area contributed by atoms with E-state index in [0.29, 0.717) is 12.2 Å². The zero-order valence-electron chi connectivity index (χ0n) is 9.37. The lowest BCUT2D eigenvalue weighted by Gasteiger charge is -2.18. The molecule has 0 bridgehead atoms. The third-order valence-electron chi connectivity index (χ3n) is 1.83. The second-order valence-electron chi connectivity index (χ2n) is 3.39. The molecule has 0 spiro atoms. The molecule has 1 unspecified atom stereocenters. The molecule has 0 fully saturated rings. The third kappa shape index (κ3) is 4.96.